The van der Waals surface area contributed by atoms with Crippen LogP contribution in [-0.2, 0) is 14.3 Å². The minimum Gasteiger partial charge on any atom is -0.480 e. The molecule has 1 atom stereocenters. The molecule has 5 heteroatoms. The van der Waals surface area contributed by atoms with Gasteiger partial charge in [0.05, 0.1) is 7.11 Å². The Labute approximate surface area is 85.3 Å². The molecule has 1 N–H and O–H groups in total. The SMILES string of the molecule is COC(=O)[C@@](C)(C[Si](C)(C)C)C(=O)O. The average Bonchev–Trinajstić information content (AvgIpc) is 1.99. The molecule has 0 heterocycles. The number of hydrogen-bond donors (Lipinski definition) is 1. The van der Waals surface area contributed by atoms with E-state index in [1.807, 2.05) is 19.6 Å². The van der Waals surface area contributed by atoms with E-state index in [0.29, 0.717) is 6.04 Å². The first-order chi connectivity index (χ1) is 6.13. The number of rotatable bonds is 4. The van der Waals surface area contributed by atoms with Crippen LogP contribution in [0.5, 0.6) is 0 Å². The van der Waals surface area contributed by atoms with Crippen LogP contribution >= 0.6 is 0 Å². The number of carboxylic acids is 1. The largest absolute Gasteiger partial charge is 0.480 e. The Morgan fingerprint density at radius 1 is 1.36 bits per heavy atom. The molecule has 0 bridgehead atoms. The van der Waals surface area contributed by atoms with E-state index in [1.54, 1.807) is 0 Å². The molecule has 0 aromatic carbocycles. The second kappa shape index (κ2) is 4.12. The first-order valence-corrected chi connectivity index (χ1v) is 8.16. The molecule has 0 fully saturated rings. The van der Waals surface area contributed by atoms with E-state index < -0.39 is 25.4 Å². The highest BCUT2D eigenvalue weighted by Crippen LogP contribution is 2.30. The van der Waals surface area contributed by atoms with E-state index in [2.05, 4.69) is 4.74 Å². The fourth-order valence-corrected chi connectivity index (χ4v) is 3.94. The molecule has 0 aliphatic heterocycles. The minimum atomic E-state index is -1.62. The Morgan fingerprint density at radius 2 is 1.79 bits per heavy atom. The number of aliphatic carboxylic acids is 1. The smallest absolute Gasteiger partial charge is 0.322 e. The van der Waals surface area contributed by atoms with Crippen LogP contribution in [0.25, 0.3) is 0 Å². The summed E-state index contributed by atoms with van der Waals surface area (Å²) in [5.74, 6) is -1.76. The molecule has 4 nitrogen and oxygen atoms in total. The van der Waals surface area contributed by atoms with Gasteiger partial charge in [0.25, 0.3) is 0 Å². The normalized spacial score (nSPS) is 15.8. The van der Waals surface area contributed by atoms with Gasteiger partial charge in [0.15, 0.2) is 5.41 Å². The maximum Gasteiger partial charge on any atom is 0.322 e. The quantitative estimate of drug-likeness (QED) is 0.442. The summed E-state index contributed by atoms with van der Waals surface area (Å²) in [6, 6.07) is 0.391. The van der Waals surface area contributed by atoms with E-state index in [4.69, 9.17) is 5.11 Å². The van der Waals surface area contributed by atoms with Gasteiger partial charge in [-0.25, -0.2) is 0 Å². The Bertz CT molecular complexity index is 244. The molecule has 0 aliphatic rings. The summed E-state index contributed by atoms with van der Waals surface area (Å²) in [4.78, 5) is 22.4. The molecular formula is C9H18O4Si. The van der Waals surface area contributed by atoms with Gasteiger partial charge in [-0.1, -0.05) is 19.6 Å². The summed E-state index contributed by atoms with van der Waals surface area (Å²) in [6.07, 6.45) is 0. The minimum absolute atomic E-state index is 0.391. The number of ether oxygens (including phenoxy) is 1. The van der Waals surface area contributed by atoms with Crippen molar-refractivity contribution in [1.29, 1.82) is 0 Å². The van der Waals surface area contributed by atoms with Crippen molar-refractivity contribution in [2.45, 2.75) is 32.6 Å². The fraction of sp³-hybridized carbons (Fsp3) is 0.778. The molecule has 0 spiro atoms. The molecular weight excluding hydrogens is 200 g/mol. The van der Waals surface area contributed by atoms with E-state index in [0.717, 1.165) is 0 Å². The monoisotopic (exact) mass is 218 g/mol. The highest BCUT2D eigenvalue weighted by Gasteiger charge is 2.45. The Morgan fingerprint density at radius 3 is 2.00 bits per heavy atom. The first kappa shape index (κ1) is 13.2. The highest BCUT2D eigenvalue weighted by molar-refractivity contribution is 6.76. The van der Waals surface area contributed by atoms with Crippen molar-refractivity contribution >= 4 is 20.0 Å². The zero-order valence-corrected chi connectivity index (χ0v) is 10.4. The van der Waals surface area contributed by atoms with Gasteiger partial charge in [-0.15, -0.1) is 0 Å². The molecule has 0 unspecified atom stereocenters. The molecule has 14 heavy (non-hydrogen) atoms. The predicted octanol–water partition coefficient (Wildman–Crippen LogP) is 1.59. The molecule has 0 rings (SSSR count). The summed E-state index contributed by atoms with van der Waals surface area (Å²) in [6.45, 7) is 7.50. The van der Waals surface area contributed by atoms with Gasteiger partial charge in [-0.2, -0.15) is 0 Å². The molecule has 0 aromatic rings. The third kappa shape index (κ3) is 3.14. The first-order valence-electron chi connectivity index (χ1n) is 4.45. The summed E-state index contributed by atoms with van der Waals surface area (Å²) in [7, 11) is -0.400. The Balaban J connectivity index is 4.93. The lowest BCUT2D eigenvalue weighted by Gasteiger charge is -2.28. The average molecular weight is 218 g/mol. The van der Waals surface area contributed by atoms with Gasteiger partial charge in [0, 0.05) is 8.07 Å². The van der Waals surface area contributed by atoms with E-state index in [1.165, 1.54) is 14.0 Å². The van der Waals surface area contributed by atoms with Gasteiger partial charge in [0.1, 0.15) is 0 Å². The molecule has 0 aliphatic carbocycles. The van der Waals surface area contributed by atoms with Crippen molar-refractivity contribution in [3.63, 3.8) is 0 Å². The number of methoxy groups -OCH3 is 1. The summed E-state index contributed by atoms with van der Waals surface area (Å²) < 4.78 is 4.53. The molecule has 0 radical (unpaired) electrons. The van der Waals surface area contributed by atoms with Crippen LogP contribution in [0.1, 0.15) is 6.92 Å². The van der Waals surface area contributed by atoms with Crippen molar-refractivity contribution in [1.82, 2.24) is 0 Å². The van der Waals surface area contributed by atoms with Crippen LogP contribution in [0.2, 0.25) is 25.7 Å². The van der Waals surface area contributed by atoms with Gasteiger partial charge < -0.3 is 9.84 Å². The van der Waals surface area contributed by atoms with E-state index >= 15 is 0 Å². The van der Waals surface area contributed by atoms with Crippen LogP contribution < -0.4 is 0 Å². The number of carbonyl (C=O) groups is 2. The van der Waals surface area contributed by atoms with Crippen molar-refractivity contribution in [2.24, 2.45) is 5.41 Å². The van der Waals surface area contributed by atoms with Crippen molar-refractivity contribution in [3.8, 4) is 0 Å². The van der Waals surface area contributed by atoms with Gasteiger partial charge in [-0.05, 0) is 13.0 Å². The predicted molar refractivity (Wildman–Crippen MR) is 55.9 cm³/mol. The highest BCUT2D eigenvalue weighted by atomic mass is 28.3. The van der Waals surface area contributed by atoms with Crippen molar-refractivity contribution < 1.29 is 19.4 Å². The van der Waals surface area contributed by atoms with E-state index in [9.17, 15) is 9.59 Å². The molecule has 0 aromatic heterocycles. The van der Waals surface area contributed by atoms with Gasteiger partial charge in [-0.3, -0.25) is 9.59 Å². The zero-order chi connectivity index (χ0) is 11.6. The standard InChI is InChI=1S/C9H18O4Si/c1-9(7(10)11,8(12)13-2)6-14(3,4)5/h6H2,1-5H3,(H,10,11)/t9-/m0/s1. The third-order valence-corrected chi connectivity index (χ3v) is 3.76. The molecule has 0 saturated carbocycles. The van der Waals surface area contributed by atoms with Gasteiger partial charge >= 0.3 is 11.9 Å². The summed E-state index contributed by atoms with van der Waals surface area (Å²) in [5.41, 5.74) is -1.39. The number of esters is 1. The van der Waals surface area contributed by atoms with Crippen LogP contribution in [-0.4, -0.2) is 32.2 Å². The molecule has 82 valence electrons. The van der Waals surface area contributed by atoms with Crippen LogP contribution in [0.3, 0.4) is 0 Å². The Kier molecular flexibility index (Phi) is 3.88. The zero-order valence-electron chi connectivity index (χ0n) is 9.38. The van der Waals surface area contributed by atoms with Gasteiger partial charge in [0.2, 0.25) is 0 Å². The summed E-state index contributed by atoms with van der Waals surface area (Å²) >= 11 is 0. The maximum absolute atomic E-state index is 11.4. The fourth-order valence-electron chi connectivity index (χ4n) is 1.52. The molecule has 0 amide bonds. The van der Waals surface area contributed by atoms with Crippen LogP contribution in [0, 0.1) is 5.41 Å². The Hall–Kier alpha value is -0.843. The lowest BCUT2D eigenvalue weighted by molar-refractivity contribution is -0.164. The topological polar surface area (TPSA) is 63.6 Å². The van der Waals surface area contributed by atoms with Crippen molar-refractivity contribution in [3.05, 3.63) is 0 Å². The second-order valence-electron chi connectivity index (χ2n) is 4.87. The summed E-state index contributed by atoms with van der Waals surface area (Å²) in [5, 5.41) is 9.02. The lowest BCUT2D eigenvalue weighted by atomic mass is 9.94. The third-order valence-electron chi connectivity index (χ3n) is 1.99. The van der Waals surface area contributed by atoms with Crippen molar-refractivity contribution in [2.75, 3.05) is 7.11 Å². The number of hydrogen-bond acceptors (Lipinski definition) is 3. The lowest BCUT2D eigenvalue weighted by Crippen LogP contribution is -2.43. The van der Waals surface area contributed by atoms with Crippen LogP contribution in [0.4, 0.5) is 0 Å². The molecule has 0 saturated heterocycles. The number of carboxylic acid groups (broad SMARTS) is 1. The van der Waals surface area contributed by atoms with E-state index in [-0.39, 0.29) is 0 Å². The second-order valence-corrected chi connectivity index (χ2v) is 10.3. The number of carbonyl (C=O) groups excluding carboxylic acids is 1. The maximum atomic E-state index is 11.4. The van der Waals surface area contributed by atoms with Crippen LogP contribution in [0.15, 0.2) is 0 Å².